The van der Waals surface area contributed by atoms with Crippen molar-refractivity contribution in [1.29, 1.82) is 0 Å². The zero-order chi connectivity index (χ0) is 23.2. The second kappa shape index (κ2) is 10.4. The summed E-state index contributed by atoms with van der Waals surface area (Å²) < 4.78 is 5.92. The number of hydrogen-bond donors (Lipinski definition) is 2. The van der Waals surface area contributed by atoms with E-state index >= 15 is 0 Å². The van der Waals surface area contributed by atoms with Gasteiger partial charge in [-0.3, -0.25) is 9.59 Å². The van der Waals surface area contributed by atoms with Gasteiger partial charge in [0.2, 0.25) is 0 Å². The number of carbonyl (C=O) groups excluding carboxylic acids is 2. The minimum Gasteiger partial charge on any atom is -0.454 e. The highest BCUT2D eigenvalue weighted by atomic mass is 32.1. The molecule has 1 aromatic heterocycles. The largest absolute Gasteiger partial charge is 0.454 e. The highest BCUT2D eigenvalue weighted by Crippen LogP contribution is 2.33. The molecule has 0 saturated carbocycles. The highest BCUT2D eigenvalue weighted by Gasteiger charge is 2.18. The molecule has 2 aromatic carbocycles. The van der Waals surface area contributed by atoms with E-state index in [0.29, 0.717) is 46.7 Å². The van der Waals surface area contributed by atoms with E-state index in [9.17, 15) is 9.59 Å². The monoisotopic (exact) mass is 461 g/mol. The van der Waals surface area contributed by atoms with Gasteiger partial charge >= 0.3 is 0 Å². The molecule has 3 aromatic rings. The van der Waals surface area contributed by atoms with E-state index < -0.39 is 0 Å². The molecule has 0 spiro atoms. The number of allylic oxidation sites excluding steroid dienone is 2. The number of thiazole rings is 1. The lowest BCUT2D eigenvalue weighted by atomic mass is 9.90. The van der Waals surface area contributed by atoms with Crippen molar-refractivity contribution in [2.45, 2.75) is 32.2 Å². The number of nitrogens with one attached hydrogen (secondary N) is 2. The summed E-state index contributed by atoms with van der Waals surface area (Å²) in [6.45, 7) is 2.67. The van der Waals surface area contributed by atoms with Crippen LogP contribution >= 0.6 is 11.3 Å². The van der Waals surface area contributed by atoms with Gasteiger partial charge in [0.1, 0.15) is 5.75 Å². The fourth-order valence-electron chi connectivity index (χ4n) is 3.75. The maximum Gasteiger partial charge on any atom is 0.251 e. The van der Waals surface area contributed by atoms with Crippen LogP contribution in [0.5, 0.6) is 11.5 Å². The molecular weight excluding hydrogens is 434 g/mol. The van der Waals surface area contributed by atoms with Crippen molar-refractivity contribution in [3.63, 3.8) is 0 Å². The maximum atomic E-state index is 12.7. The summed E-state index contributed by atoms with van der Waals surface area (Å²) in [6.07, 6.45) is 9.43. The minimum absolute atomic E-state index is 0.173. The molecule has 0 radical (unpaired) electrons. The summed E-state index contributed by atoms with van der Waals surface area (Å²) in [7, 11) is 1.76. The molecule has 0 fully saturated rings. The lowest BCUT2D eigenvalue weighted by Gasteiger charge is -2.17. The molecule has 2 atom stereocenters. The lowest BCUT2D eigenvalue weighted by molar-refractivity contribution is 0.0951. The molecule has 4 rings (SSSR count). The van der Waals surface area contributed by atoms with Gasteiger partial charge in [0.25, 0.3) is 5.91 Å². The van der Waals surface area contributed by atoms with Crippen LogP contribution in [0.15, 0.2) is 60.8 Å². The van der Waals surface area contributed by atoms with Gasteiger partial charge in [-0.1, -0.05) is 31.2 Å². The molecule has 1 heterocycles. The second-order valence-corrected chi connectivity index (χ2v) is 9.26. The van der Waals surface area contributed by atoms with E-state index in [-0.39, 0.29) is 5.91 Å². The number of nitrogens with zero attached hydrogens (tertiary/aromatic N) is 1. The summed E-state index contributed by atoms with van der Waals surface area (Å²) in [4.78, 5) is 29.6. The quantitative estimate of drug-likeness (QED) is 0.328. The topological polar surface area (TPSA) is 80.3 Å². The van der Waals surface area contributed by atoms with Crippen LogP contribution in [-0.2, 0) is 6.54 Å². The van der Waals surface area contributed by atoms with E-state index in [1.54, 1.807) is 60.8 Å². The zero-order valence-corrected chi connectivity index (χ0v) is 19.5. The van der Waals surface area contributed by atoms with Crippen molar-refractivity contribution in [2.24, 2.45) is 5.92 Å². The average Bonchev–Trinajstić information content (AvgIpc) is 3.32. The number of amides is 1. The van der Waals surface area contributed by atoms with Crippen LogP contribution in [0.3, 0.4) is 0 Å². The minimum atomic E-state index is -0.173. The van der Waals surface area contributed by atoms with Gasteiger partial charge in [0, 0.05) is 29.6 Å². The molecular formula is C26H27N3O3S. The third kappa shape index (κ3) is 5.49. The van der Waals surface area contributed by atoms with E-state index in [1.807, 2.05) is 6.20 Å². The zero-order valence-electron chi connectivity index (χ0n) is 18.7. The Kier molecular flexibility index (Phi) is 7.19. The van der Waals surface area contributed by atoms with Gasteiger partial charge in [-0.2, -0.15) is 0 Å². The number of aromatic nitrogens is 1. The van der Waals surface area contributed by atoms with Crippen molar-refractivity contribution in [3.8, 4) is 11.5 Å². The first-order valence-electron chi connectivity index (χ1n) is 11.0. The second-order valence-electron chi connectivity index (χ2n) is 8.11. The molecule has 2 N–H and O–H groups in total. The normalized spacial score (nSPS) is 17.4. The van der Waals surface area contributed by atoms with Crippen molar-refractivity contribution in [2.75, 3.05) is 12.4 Å². The van der Waals surface area contributed by atoms with Gasteiger partial charge < -0.3 is 15.4 Å². The van der Waals surface area contributed by atoms with Crippen LogP contribution in [0, 0.1) is 5.92 Å². The fraction of sp³-hybridized carbons (Fsp3) is 0.269. The van der Waals surface area contributed by atoms with E-state index in [1.165, 1.54) is 6.42 Å². The predicted octanol–water partition coefficient (Wildman–Crippen LogP) is 5.79. The summed E-state index contributed by atoms with van der Waals surface area (Å²) in [5.41, 5.74) is 1.63. The Morgan fingerprint density at radius 3 is 2.79 bits per heavy atom. The van der Waals surface area contributed by atoms with Gasteiger partial charge in [-0.05, 0) is 49.1 Å². The Bertz CT molecular complexity index is 1170. The van der Waals surface area contributed by atoms with Crippen molar-refractivity contribution in [3.05, 3.63) is 81.8 Å². The van der Waals surface area contributed by atoms with Crippen molar-refractivity contribution in [1.82, 2.24) is 10.3 Å². The SMILES string of the molecule is CNc1cc(C(=O)NCc2cnc(C3C=CC(C)CC3)s2)ccc1Oc1ccccc1C=O. The van der Waals surface area contributed by atoms with Gasteiger partial charge in [-0.15, -0.1) is 11.3 Å². The van der Waals surface area contributed by atoms with E-state index in [0.717, 1.165) is 22.6 Å². The number of para-hydroxylation sites is 1. The van der Waals surface area contributed by atoms with Gasteiger partial charge in [0.15, 0.2) is 12.0 Å². The van der Waals surface area contributed by atoms with Crippen molar-refractivity contribution >= 4 is 29.2 Å². The van der Waals surface area contributed by atoms with Gasteiger partial charge in [0.05, 0.1) is 22.8 Å². The van der Waals surface area contributed by atoms with E-state index in [4.69, 9.17) is 4.74 Å². The van der Waals surface area contributed by atoms with Crippen LogP contribution in [0.25, 0.3) is 0 Å². The molecule has 6 nitrogen and oxygen atoms in total. The number of aldehydes is 1. The number of carbonyl (C=O) groups is 2. The molecule has 170 valence electrons. The fourth-order valence-corrected chi connectivity index (χ4v) is 4.73. The van der Waals surface area contributed by atoms with Crippen LogP contribution < -0.4 is 15.4 Å². The van der Waals surface area contributed by atoms with Crippen molar-refractivity contribution < 1.29 is 14.3 Å². The highest BCUT2D eigenvalue weighted by molar-refractivity contribution is 7.11. The summed E-state index contributed by atoms with van der Waals surface area (Å²) in [5.74, 6) is 1.84. The Hall–Kier alpha value is -3.45. The Morgan fingerprint density at radius 1 is 1.18 bits per heavy atom. The number of ether oxygens (including phenoxy) is 1. The maximum absolute atomic E-state index is 12.7. The molecule has 0 bridgehead atoms. The van der Waals surface area contributed by atoms with E-state index in [2.05, 4.69) is 34.7 Å². The molecule has 2 unspecified atom stereocenters. The first-order valence-corrected chi connectivity index (χ1v) is 11.8. The molecule has 33 heavy (non-hydrogen) atoms. The van der Waals surface area contributed by atoms with Crippen LogP contribution in [0.2, 0.25) is 0 Å². The number of benzene rings is 2. The first-order chi connectivity index (χ1) is 16.1. The third-order valence-corrected chi connectivity index (χ3v) is 6.82. The van der Waals surface area contributed by atoms with Crippen LogP contribution in [-0.4, -0.2) is 24.2 Å². The molecule has 1 aliphatic carbocycles. The summed E-state index contributed by atoms with van der Waals surface area (Å²) in [6, 6.07) is 12.2. The van der Waals surface area contributed by atoms with Crippen LogP contribution in [0.1, 0.15) is 56.3 Å². The number of anilines is 1. The molecule has 0 aliphatic heterocycles. The standard InChI is InChI=1S/C26H27N3O3S/c1-17-7-9-18(10-8-17)26-29-15-21(33-26)14-28-25(31)19-11-12-24(22(13-19)27-2)32-23-6-4-3-5-20(23)16-30/h3-7,9,11-13,15-18,27H,8,10,14H2,1-2H3,(H,28,31). The molecule has 1 aliphatic rings. The van der Waals surface area contributed by atoms with Crippen LogP contribution in [0.4, 0.5) is 5.69 Å². The third-order valence-electron chi connectivity index (χ3n) is 5.69. The smallest absolute Gasteiger partial charge is 0.251 e. The first kappa shape index (κ1) is 22.7. The number of hydrogen-bond acceptors (Lipinski definition) is 6. The lowest BCUT2D eigenvalue weighted by Crippen LogP contribution is -2.22. The Morgan fingerprint density at radius 2 is 2.03 bits per heavy atom. The molecule has 7 heteroatoms. The summed E-state index contributed by atoms with van der Waals surface area (Å²) >= 11 is 1.65. The predicted molar refractivity (Wildman–Crippen MR) is 131 cm³/mol. The summed E-state index contributed by atoms with van der Waals surface area (Å²) in [5, 5.41) is 7.14. The molecule has 0 saturated heterocycles. The van der Waals surface area contributed by atoms with Gasteiger partial charge in [-0.25, -0.2) is 4.98 Å². The Balaban J connectivity index is 1.40. The Labute approximate surface area is 197 Å². The average molecular weight is 462 g/mol. The molecule has 1 amide bonds. The number of rotatable bonds is 8.